The van der Waals surface area contributed by atoms with Crippen LogP contribution in [0, 0.1) is 5.92 Å². The van der Waals surface area contributed by atoms with E-state index in [4.69, 9.17) is 11.6 Å². The SMILES string of the molecule is CN(CC1CNC1)c1ccc(Cl)s1. The van der Waals surface area contributed by atoms with Crippen LogP contribution in [0.2, 0.25) is 4.34 Å². The summed E-state index contributed by atoms with van der Waals surface area (Å²) in [4.78, 5) is 2.28. The first-order valence-electron chi connectivity index (χ1n) is 4.43. The molecule has 0 atom stereocenters. The van der Waals surface area contributed by atoms with Crippen LogP contribution in [-0.4, -0.2) is 26.7 Å². The number of thiophene rings is 1. The van der Waals surface area contributed by atoms with Crippen molar-refractivity contribution in [3.05, 3.63) is 16.5 Å². The Morgan fingerprint density at radius 2 is 2.38 bits per heavy atom. The molecule has 2 heterocycles. The maximum atomic E-state index is 5.87. The Morgan fingerprint density at radius 1 is 1.62 bits per heavy atom. The lowest BCUT2D eigenvalue weighted by Gasteiger charge is -2.31. The smallest absolute Gasteiger partial charge is 0.0950 e. The minimum Gasteiger partial charge on any atom is -0.366 e. The minimum absolute atomic E-state index is 0.811. The number of hydrogen-bond donors (Lipinski definition) is 1. The van der Waals surface area contributed by atoms with Gasteiger partial charge in [0, 0.05) is 32.6 Å². The van der Waals surface area contributed by atoms with Gasteiger partial charge in [-0.15, -0.1) is 11.3 Å². The standard InChI is InChI=1S/C9H13ClN2S/c1-12(6-7-4-11-5-7)9-3-2-8(10)13-9/h2-3,7,11H,4-6H2,1H3. The molecule has 1 aromatic rings. The van der Waals surface area contributed by atoms with Gasteiger partial charge in [-0.25, -0.2) is 0 Å². The van der Waals surface area contributed by atoms with Crippen molar-refractivity contribution in [3.63, 3.8) is 0 Å². The van der Waals surface area contributed by atoms with Gasteiger partial charge >= 0.3 is 0 Å². The van der Waals surface area contributed by atoms with Crippen LogP contribution in [0.25, 0.3) is 0 Å². The average Bonchev–Trinajstić information content (AvgIpc) is 2.44. The van der Waals surface area contributed by atoms with Crippen molar-refractivity contribution in [1.29, 1.82) is 0 Å². The zero-order chi connectivity index (χ0) is 9.26. The van der Waals surface area contributed by atoms with Crippen molar-refractivity contribution < 1.29 is 0 Å². The molecule has 0 aliphatic carbocycles. The lowest BCUT2D eigenvalue weighted by molar-refractivity contribution is 0.353. The minimum atomic E-state index is 0.811. The third kappa shape index (κ3) is 2.16. The summed E-state index contributed by atoms with van der Waals surface area (Å²) in [5.74, 6) is 0.811. The van der Waals surface area contributed by atoms with Gasteiger partial charge in [0.2, 0.25) is 0 Å². The molecule has 0 saturated carbocycles. The van der Waals surface area contributed by atoms with Crippen LogP contribution < -0.4 is 10.2 Å². The highest BCUT2D eigenvalue weighted by Crippen LogP contribution is 2.29. The molecule has 0 unspecified atom stereocenters. The lowest BCUT2D eigenvalue weighted by atomic mass is 10.0. The molecule has 2 rings (SSSR count). The Morgan fingerprint density at radius 3 is 2.85 bits per heavy atom. The summed E-state index contributed by atoms with van der Waals surface area (Å²) in [5.41, 5.74) is 0. The van der Waals surface area contributed by atoms with E-state index in [-0.39, 0.29) is 0 Å². The molecule has 72 valence electrons. The Balaban J connectivity index is 1.92. The molecule has 1 saturated heterocycles. The van der Waals surface area contributed by atoms with Crippen LogP contribution in [0.1, 0.15) is 0 Å². The lowest BCUT2D eigenvalue weighted by Crippen LogP contribution is -2.47. The zero-order valence-corrected chi connectivity index (χ0v) is 9.16. The summed E-state index contributed by atoms with van der Waals surface area (Å²) in [5, 5.41) is 4.53. The van der Waals surface area contributed by atoms with Gasteiger partial charge in [-0.05, 0) is 12.1 Å². The normalized spacial score (nSPS) is 17.1. The Bertz CT molecular complexity index is 283. The van der Waals surface area contributed by atoms with Crippen molar-refractivity contribution in [3.8, 4) is 0 Å². The van der Waals surface area contributed by atoms with Gasteiger partial charge in [0.15, 0.2) is 0 Å². The van der Waals surface area contributed by atoms with Gasteiger partial charge < -0.3 is 10.2 Å². The van der Waals surface area contributed by atoms with Crippen LogP contribution in [0.5, 0.6) is 0 Å². The van der Waals surface area contributed by atoms with E-state index in [1.54, 1.807) is 11.3 Å². The monoisotopic (exact) mass is 216 g/mol. The van der Waals surface area contributed by atoms with Gasteiger partial charge in [-0.1, -0.05) is 11.6 Å². The first-order chi connectivity index (χ1) is 6.25. The summed E-state index contributed by atoms with van der Waals surface area (Å²) in [7, 11) is 2.13. The molecule has 1 aromatic heterocycles. The molecule has 0 bridgehead atoms. The molecule has 2 nitrogen and oxygen atoms in total. The van der Waals surface area contributed by atoms with Gasteiger partial charge in [0.25, 0.3) is 0 Å². The van der Waals surface area contributed by atoms with Crippen molar-refractivity contribution >= 4 is 27.9 Å². The number of hydrogen-bond acceptors (Lipinski definition) is 3. The molecule has 1 fully saturated rings. The Kier molecular flexibility index (Phi) is 2.77. The predicted octanol–water partition coefficient (Wildman–Crippen LogP) is 2.06. The first kappa shape index (κ1) is 9.31. The second kappa shape index (κ2) is 3.86. The topological polar surface area (TPSA) is 15.3 Å². The number of nitrogens with zero attached hydrogens (tertiary/aromatic N) is 1. The fourth-order valence-electron chi connectivity index (χ4n) is 1.46. The summed E-state index contributed by atoms with van der Waals surface area (Å²) in [6.07, 6.45) is 0. The molecule has 0 amide bonds. The fraction of sp³-hybridized carbons (Fsp3) is 0.556. The van der Waals surface area contributed by atoms with Crippen LogP contribution in [0.3, 0.4) is 0 Å². The van der Waals surface area contributed by atoms with E-state index >= 15 is 0 Å². The van der Waals surface area contributed by atoms with Crippen molar-refractivity contribution in [2.24, 2.45) is 5.92 Å². The van der Waals surface area contributed by atoms with Crippen molar-refractivity contribution in [1.82, 2.24) is 5.32 Å². The van der Waals surface area contributed by atoms with E-state index in [1.807, 2.05) is 6.07 Å². The van der Waals surface area contributed by atoms with Crippen LogP contribution in [0.4, 0.5) is 5.00 Å². The van der Waals surface area contributed by atoms with E-state index in [0.29, 0.717) is 0 Å². The molecule has 4 heteroatoms. The molecule has 1 N–H and O–H groups in total. The summed E-state index contributed by atoms with van der Waals surface area (Å²) >= 11 is 7.51. The second-order valence-electron chi connectivity index (χ2n) is 3.48. The number of rotatable bonds is 3. The van der Waals surface area contributed by atoms with Gasteiger partial charge in [-0.3, -0.25) is 0 Å². The molecular formula is C9H13ClN2S. The molecule has 0 radical (unpaired) electrons. The van der Waals surface area contributed by atoms with E-state index in [9.17, 15) is 0 Å². The first-order valence-corrected chi connectivity index (χ1v) is 5.62. The maximum absolute atomic E-state index is 5.87. The van der Waals surface area contributed by atoms with Crippen molar-refractivity contribution in [2.45, 2.75) is 0 Å². The summed E-state index contributed by atoms with van der Waals surface area (Å²) in [6, 6.07) is 4.04. The Labute approximate surface area is 87.5 Å². The highest BCUT2D eigenvalue weighted by atomic mass is 35.5. The van der Waals surface area contributed by atoms with Crippen LogP contribution >= 0.6 is 22.9 Å². The molecular weight excluding hydrogens is 204 g/mol. The number of anilines is 1. The third-order valence-corrected chi connectivity index (χ3v) is 3.68. The van der Waals surface area contributed by atoms with Gasteiger partial charge in [0.05, 0.1) is 9.34 Å². The molecule has 13 heavy (non-hydrogen) atoms. The van der Waals surface area contributed by atoms with Crippen LogP contribution in [0.15, 0.2) is 12.1 Å². The van der Waals surface area contributed by atoms with Crippen molar-refractivity contribution in [2.75, 3.05) is 31.6 Å². The quantitative estimate of drug-likeness (QED) is 0.832. The molecule has 1 aliphatic rings. The van der Waals surface area contributed by atoms with E-state index in [1.165, 1.54) is 5.00 Å². The molecule has 1 aliphatic heterocycles. The van der Waals surface area contributed by atoms with Gasteiger partial charge in [-0.2, -0.15) is 0 Å². The van der Waals surface area contributed by atoms with E-state index in [2.05, 4.69) is 23.3 Å². The molecule has 0 aromatic carbocycles. The number of halogens is 1. The average molecular weight is 217 g/mol. The summed E-state index contributed by atoms with van der Waals surface area (Å²) in [6.45, 7) is 3.44. The zero-order valence-electron chi connectivity index (χ0n) is 7.59. The van der Waals surface area contributed by atoms with Gasteiger partial charge in [0.1, 0.15) is 0 Å². The van der Waals surface area contributed by atoms with E-state index < -0.39 is 0 Å². The maximum Gasteiger partial charge on any atom is 0.0950 e. The second-order valence-corrected chi connectivity index (χ2v) is 5.18. The Hall–Kier alpha value is -0.250. The largest absolute Gasteiger partial charge is 0.366 e. The number of nitrogens with one attached hydrogen (secondary N) is 1. The van der Waals surface area contributed by atoms with Crippen LogP contribution in [-0.2, 0) is 0 Å². The fourth-order valence-corrected chi connectivity index (χ4v) is 2.47. The molecule has 0 spiro atoms. The predicted molar refractivity (Wildman–Crippen MR) is 59.0 cm³/mol. The third-order valence-electron chi connectivity index (χ3n) is 2.33. The van der Waals surface area contributed by atoms with E-state index in [0.717, 1.165) is 29.9 Å². The highest BCUT2D eigenvalue weighted by Gasteiger charge is 2.18. The summed E-state index contributed by atoms with van der Waals surface area (Å²) < 4.78 is 0.869. The highest BCUT2D eigenvalue weighted by molar-refractivity contribution is 7.19.